The van der Waals surface area contributed by atoms with E-state index in [2.05, 4.69) is 10.3 Å². The Kier molecular flexibility index (Phi) is 2.65. The highest BCUT2D eigenvalue weighted by Crippen LogP contribution is 2.15. The molecule has 1 unspecified atom stereocenters. The lowest BCUT2D eigenvalue weighted by atomic mass is 10.2. The summed E-state index contributed by atoms with van der Waals surface area (Å²) in [5.41, 5.74) is 1.10. The summed E-state index contributed by atoms with van der Waals surface area (Å²) in [7, 11) is -2.81. The number of aryl methyl sites for hydroxylation is 1. The van der Waals surface area contributed by atoms with Crippen LogP contribution in [0.1, 0.15) is 12.0 Å². The van der Waals surface area contributed by atoms with Gasteiger partial charge < -0.3 is 5.32 Å². The predicted molar refractivity (Wildman–Crippen MR) is 59.7 cm³/mol. The van der Waals surface area contributed by atoms with Gasteiger partial charge in [-0.15, -0.1) is 0 Å². The standard InChI is InChI=1S/C10H14N2O2S/c1-8-2-3-10(11-6-8)12-9-4-5-15(13,14)7-9/h2-3,6,9H,4-5,7H2,1H3,(H,11,12). The third-order valence-corrected chi connectivity index (χ3v) is 4.26. The molecule has 2 rings (SSSR count). The fourth-order valence-corrected chi connectivity index (χ4v) is 3.34. The van der Waals surface area contributed by atoms with Crippen molar-refractivity contribution in [3.8, 4) is 0 Å². The largest absolute Gasteiger partial charge is 0.366 e. The zero-order valence-electron chi connectivity index (χ0n) is 8.60. The summed E-state index contributed by atoms with van der Waals surface area (Å²) in [5, 5.41) is 3.13. The van der Waals surface area contributed by atoms with Crippen molar-refractivity contribution < 1.29 is 8.42 Å². The molecule has 1 aromatic heterocycles. The minimum Gasteiger partial charge on any atom is -0.366 e. The summed E-state index contributed by atoms with van der Waals surface area (Å²) in [5.74, 6) is 1.27. The maximum absolute atomic E-state index is 11.2. The topological polar surface area (TPSA) is 59.1 Å². The molecule has 15 heavy (non-hydrogen) atoms. The zero-order chi connectivity index (χ0) is 10.9. The Morgan fingerprint density at radius 3 is 2.80 bits per heavy atom. The molecule has 0 bridgehead atoms. The highest BCUT2D eigenvalue weighted by atomic mass is 32.2. The second-order valence-corrected chi connectivity index (χ2v) is 6.19. The molecule has 5 heteroatoms. The molecule has 2 heterocycles. The van der Waals surface area contributed by atoms with Crippen molar-refractivity contribution in [2.75, 3.05) is 16.8 Å². The van der Waals surface area contributed by atoms with Crippen molar-refractivity contribution in [2.45, 2.75) is 19.4 Å². The number of aromatic nitrogens is 1. The molecule has 4 nitrogen and oxygen atoms in total. The van der Waals surface area contributed by atoms with E-state index in [1.165, 1.54) is 0 Å². The lowest BCUT2D eigenvalue weighted by molar-refractivity contribution is 0.602. The monoisotopic (exact) mass is 226 g/mol. The third kappa shape index (κ3) is 2.68. The van der Waals surface area contributed by atoms with Gasteiger partial charge in [-0.1, -0.05) is 6.07 Å². The fraction of sp³-hybridized carbons (Fsp3) is 0.500. The summed E-state index contributed by atoms with van der Waals surface area (Å²) in [6.45, 7) is 1.97. The summed E-state index contributed by atoms with van der Waals surface area (Å²) >= 11 is 0. The summed E-state index contributed by atoms with van der Waals surface area (Å²) in [6, 6.07) is 3.85. The molecule has 0 aliphatic carbocycles. The summed E-state index contributed by atoms with van der Waals surface area (Å²) in [4.78, 5) is 4.18. The van der Waals surface area contributed by atoms with Crippen LogP contribution in [0, 0.1) is 6.92 Å². The average molecular weight is 226 g/mol. The van der Waals surface area contributed by atoms with Crippen LogP contribution in [0.2, 0.25) is 0 Å². The number of sulfone groups is 1. The van der Waals surface area contributed by atoms with E-state index in [1.807, 2.05) is 19.1 Å². The van der Waals surface area contributed by atoms with Crippen molar-refractivity contribution in [3.63, 3.8) is 0 Å². The second kappa shape index (κ2) is 3.81. The van der Waals surface area contributed by atoms with Crippen LogP contribution in [0.4, 0.5) is 5.82 Å². The number of hydrogen-bond acceptors (Lipinski definition) is 4. The number of rotatable bonds is 2. The van der Waals surface area contributed by atoms with E-state index in [1.54, 1.807) is 6.20 Å². The minimum atomic E-state index is -2.81. The van der Waals surface area contributed by atoms with E-state index in [-0.39, 0.29) is 17.5 Å². The van der Waals surface area contributed by atoms with Gasteiger partial charge in [0.05, 0.1) is 11.5 Å². The van der Waals surface area contributed by atoms with Crippen LogP contribution >= 0.6 is 0 Å². The van der Waals surface area contributed by atoms with Gasteiger partial charge in [-0.2, -0.15) is 0 Å². The smallest absolute Gasteiger partial charge is 0.152 e. The van der Waals surface area contributed by atoms with E-state index in [0.717, 1.165) is 11.4 Å². The lowest BCUT2D eigenvalue weighted by Gasteiger charge is -2.10. The molecule has 1 atom stereocenters. The van der Waals surface area contributed by atoms with Gasteiger partial charge in [-0.3, -0.25) is 0 Å². The molecule has 0 saturated carbocycles. The number of hydrogen-bond donors (Lipinski definition) is 1. The van der Waals surface area contributed by atoms with E-state index in [9.17, 15) is 8.42 Å². The summed E-state index contributed by atoms with van der Waals surface area (Å²) in [6.07, 6.45) is 2.45. The first-order chi connectivity index (χ1) is 7.05. The van der Waals surface area contributed by atoms with E-state index in [0.29, 0.717) is 6.42 Å². The molecule has 0 radical (unpaired) electrons. The van der Waals surface area contributed by atoms with Crippen LogP contribution in [-0.4, -0.2) is 30.9 Å². The zero-order valence-corrected chi connectivity index (χ0v) is 9.42. The van der Waals surface area contributed by atoms with Gasteiger partial charge in [0.15, 0.2) is 9.84 Å². The SMILES string of the molecule is Cc1ccc(NC2CCS(=O)(=O)C2)nc1. The maximum atomic E-state index is 11.2. The Balaban J connectivity index is 2.02. The fourth-order valence-electron chi connectivity index (χ4n) is 1.67. The molecule has 0 spiro atoms. The van der Waals surface area contributed by atoms with Crippen molar-refractivity contribution in [2.24, 2.45) is 0 Å². The molecule has 1 aromatic rings. The van der Waals surface area contributed by atoms with Gasteiger partial charge in [0.2, 0.25) is 0 Å². The molecule has 0 aromatic carbocycles. The van der Waals surface area contributed by atoms with E-state index in [4.69, 9.17) is 0 Å². The average Bonchev–Trinajstić information content (AvgIpc) is 2.50. The number of nitrogens with zero attached hydrogens (tertiary/aromatic N) is 1. The van der Waals surface area contributed by atoms with Crippen LogP contribution in [0.25, 0.3) is 0 Å². The first-order valence-corrected chi connectivity index (χ1v) is 6.77. The van der Waals surface area contributed by atoms with Crippen molar-refractivity contribution >= 4 is 15.7 Å². The lowest BCUT2D eigenvalue weighted by Crippen LogP contribution is -2.21. The van der Waals surface area contributed by atoms with Crippen LogP contribution in [0.3, 0.4) is 0 Å². The molecule has 1 N–H and O–H groups in total. The number of anilines is 1. The Labute approximate surface area is 89.6 Å². The van der Waals surface area contributed by atoms with Crippen LogP contribution in [0.5, 0.6) is 0 Å². The van der Waals surface area contributed by atoms with Gasteiger partial charge in [0.1, 0.15) is 5.82 Å². The highest BCUT2D eigenvalue weighted by molar-refractivity contribution is 7.91. The van der Waals surface area contributed by atoms with Crippen LogP contribution in [-0.2, 0) is 9.84 Å². The Hall–Kier alpha value is -1.10. The minimum absolute atomic E-state index is 0.0187. The molecule has 1 aliphatic heterocycles. The van der Waals surface area contributed by atoms with Gasteiger partial charge in [0, 0.05) is 12.2 Å². The molecular formula is C10H14N2O2S. The summed E-state index contributed by atoms with van der Waals surface area (Å²) < 4.78 is 22.4. The van der Waals surface area contributed by atoms with Gasteiger partial charge in [-0.05, 0) is 25.0 Å². The number of pyridine rings is 1. The number of nitrogens with one attached hydrogen (secondary N) is 1. The van der Waals surface area contributed by atoms with Crippen molar-refractivity contribution in [1.29, 1.82) is 0 Å². The van der Waals surface area contributed by atoms with E-state index < -0.39 is 9.84 Å². The highest BCUT2D eigenvalue weighted by Gasteiger charge is 2.27. The Morgan fingerprint density at radius 2 is 2.27 bits per heavy atom. The predicted octanol–water partition coefficient (Wildman–Crippen LogP) is 0.989. The third-order valence-electron chi connectivity index (χ3n) is 2.50. The van der Waals surface area contributed by atoms with Crippen molar-refractivity contribution in [1.82, 2.24) is 4.98 Å². The Morgan fingerprint density at radius 1 is 1.47 bits per heavy atom. The molecule has 1 saturated heterocycles. The molecule has 82 valence electrons. The first kappa shape index (κ1) is 10.4. The van der Waals surface area contributed by atoms with Crippen molar-refractivity contribution in [3.05, 3.63) is 23.9 Å². The van der Waals surface area contributed by atoms with Gasteiger partial charge >= 0.3 is 0 Å². The van der Waals surface area contributed by atoms with Crippen LogP contribution < -0.4 is 5.32 Å². The van der Waals surface area contributed by atoms with Gasteiger partial charge in [0.25, 0.3) is 0 Å². The van der Waals surface area contributed by atoms with Crippen LogP contribution in [0.15, 0.2) is 18.3 Å². The Bertz CT molecular complexity index is 439. The molecular weight excluding hydrogens is 212 g/mol. The van der Waals surface area contributed by atoms with Gasteiger partial charge in [-0.25, -0.2) is 13.4 Å². The van der Waals surface area contributed by atoms with E-state index >= 15 is 0 Å². The molecule has 0 amide bonds. The maximum Gasteiger partial charge on any atom is 0.152 e. The molecule has 1 aliphatic rings. The normalized spacial score (nSPS) is 23.9. The molecule has 1 fully saturated rings. The second-order valence-electron chi connectivity index (χ2n) is 3.97. The quantitative estimate of drug-likeness (QED) is 0.817. The first-order valence-electron chi connectivity index (χ1n) is 4.95.